The van der Waals surface area contributed by atoms with Gasteiger partial charge in [0.15, 0.2) is 0 Å². The highest BCUT2D eigenvalue weighted by atomic mass is 16.2. The van der Waals surface area contributed by atoms with Gasteiger partial charge in [-0.1, -0.05) is 36.8 Å². The molecule has 1 fully saturated rings. The number of nitrogens with zero attached hydrogens (tertiary/aromatic N) is 3. The fraction of sp³-hybridized carbons (Fsp3) is 0.320. The predicted octanol–water partition coefficient (Wildman–Crippen LogP) is 4.58. The maximum absolute atomic E-state index is 13.0. The van der Waals surface area contributed by atoms with Crippen molar-refractivity contribution in [1.29, 1.82) is 0 Å². The molecule has 0 aliphatic heterocycles. The van der Waals surface area contributed by atoms with Crippen molar-refractivity contribution >= 4 is 17.5 Å². The van der Waals surface area contributed by atoms with Crippen LogP contribution >= 0.6 is 0 Å². The number of hydrogen-bond donors (Lipinski definition) is 1. The number of hydrogen-bond acceptors (Lipinski definition) is 3. The van der Waals surface area contributed by atoms with E-state index in [-0.39, 0.29) is 17.7 Å². The highest BCUT2D eigenvalue weighted by Gasteiger charge is 2.26. The molecule has 160 valence electrons. The third-order valence-corrected chi connectivity index (χ3v) is 5.90. The third kappa shape index (κ3) is 4.68. The van der Waals surface area contributed by atoms with Crippen LogP contribution in [0.25, 0.3) is 5.69 Å². The number of carbonyl (C=O) groups excluding carboxylic acids is 2. The highest BCUT2D eigenvalue weighted by Crippen LogP contribution is 2.28. The molecule has 0 unspecified atom stereocenters. The molecule has 1 N–H and O–H groups in total. The average Bonchev–Trinajstić information content (AvgIpc) is 3.11. The van der Waals surface area contributed by atoms with Crippen LogP contribution in [0.15, 0.2) is 60.8 Å². The lowest BCUT2D eigenvalue weighted by Gasteiger charge is -2.23. The first-order valence-corrected chi connectivity index (χ1v) is 10.9. The summed E-state index contributed by atoms with van der Waals surface area (Å²) in [6, 6.07) is 17.4. The number of aromatic nitrogens is 2. The molecule has 0 spiro atoms. The van der Waals surface area contributed by atoms with Gasteiger partial charge in [0.25, 0.3) is 5.91 Å². The molecule has 1 aromatic heterocycles. The van der Waals surface area contributed by atoms with Gasteiger partial charge in [0.2, 0.25) is 5.91 Å². The number of carbonyl (C=O) groups is 2. The van der Waals surface area contributed by atoms with Gasteiger partial charge >= 0.3 is 0 Å². The summed E-state index contributed by atoms with van der Waals surface area (Å²) in [7, 11) is 0. The van der Waals surface area contributed by atoms with E-state index in [0.29, 0.717) is 18.7 Å². The van der Waals surface area contributed by atoms with Crippen molar-refractivity contribution in [3.63, 3.8) is 0 Å². The van der Waals surface area contributed by atoms with Crippen LogP contribution in [0.1, 0.15) is 47.8 Å². The molecule has 0 atom stereocenters. The number of benzene rings is 2. The first-order chi connectivity index (χ1) is 15.0. The molecule has 0 saturated heterocycles. The maximum atomic E-state index is 13.0. The summed E-state index contributed by atoms with van der Waals surface area (Å²) in [5.74, 6) is 0.210. The lowest BCUT2D eigenvalue weighted by atomic mass is 9.85. The SMILES string of the molecule is CCN(Cc1ccccc1)C(=O)c1ccc(-n2cc(NC(=O)C3CCC3)c(C)n2)cc1. The quantitative estimate of drug-likeness (QED) is 0.613. The lowest BCUT2D eigenvalue weighted by Crippen LogP contribution is -2.30. The largest absolute Gasteiger partial charge is 0.335 e. The highest BCUT2D eigenvalue weighted by molar-refractivity contribution is 5.94. The van der Waals surface area contributed by atoms with E-state index >= 15 is 0 Å². The van der Waals surface area contributed by atoms with Crippen molar-refractivity contribution in [1.82, 2.24) is 14.7 Å². The molecule has 31 heavy (non-hydrogen) atoms. The van der Waals surface area contributed by atoms with Crippen LogP contribution < -0.4 is 5.32 Å². The number of amides is 2. The van der Waals surface area contributed by atoms with Crippen LogP contribution in [0, 0.1) is 12.8 Å². The summed E-state index contributed by atoms with van der Waals surface area (Å²) in [5.41, 5.74) is 4.10. The fourth-order valence-corrected chi connectivity index (χ4v) is 3.69. The van der Waals surface area contributed by atoms with Gasteiger partial charge in [-0.05, 0) is 56.5 Å². The van der Waals surface area contributed by atoms with E-state index in [1.54, 1.807) is 4.68 Å². The van der Waals surface area contributed by atoms with E-state index in [0.717, 1.165) is 41.9 Å². The van der Waals surface area contributed by atoms with Crippen LogP contribution in [0.3, 0.4) is 0 Å². The van der Waals surface area contributed by atoms with Crippen molar-refractivity contribution in [2.45, 2.75) is 39.7 Å². The second kappa shape index (κ2) is 9.16. The van der Waals surface area contributed by atoms with Crippen LogP contribution in [0.4, 0.5) is 5.69 Å². The van der Waals surface area contributed by atoms with Gasteiger partial charge in [0.05, 0.1) is 23.3 Å². The van der Waals surface area contributed by atoms with Crippen molar-refractivity contribution in [2.24, 2.45) is 5.92 Å². The van der Waals surface area contributed by atoms with Gasteiger partial charge in [0.1, 0.15) is 0 Å². The Balaban J connectivity index is 1.45. The number of nitrogens with one attached hydrogen (secondary N) is 1. The van der Waals surface area contributed by atoms with E-state index in [2.05, 4.69) is 10.4 Å². The molecular formula is C25H28N4O2. The first kappa shape index (κ1) is 20.8. The number of anilines is 1. The van der Waals surface area contributed by atoms with Gasteiger partial charge in [-0.15, -0.1) is 0 Å². The minimum absolute atomic E-state index is 0.00278. The molecule has 0 radical (unpaired) electrons. The van der Waals surface area contributed by atoms with Crippen LogP contribution in [-0.4, -0.2) is 33.0 Å². The van der Waals surface area contributed by atoms with Gasteiger partial charge in [-0.3, -0.25) is 9.59 Å². The normalized spacial score (nSPS) is 13.5. The Labute approximate surface area is 182 Å². The Bertz CT molecular complexity index is 1050. The molecule has 0 bridgehead atoms. The molecule has 1 heterocycles. The Morgan fingerprint density at radius 3 is 2.42 bits per heavy atom. The van der Waals surface area contributed by atoms with Crippen molar-refractivity contribution in [3.05, 3.63) is 77.6 Å². The number of aryl methyl sites for hydroxylation is 1. The van der Waals surface area contributed by atoms with E-state index in [9.17, 15) is 9.59 Å². The molecule has 6 nitrogen and oxygen atoms in total. The maximum Gasteiger partial charge on any atom is 0.254 e. The van der Waals surface area contributed by atoms with Crippen molar-refractivity contribution in [3.8, 4) is 5.69 Å². The van der Waals surface area contributed by atoms with E-state index < -0.39 is 0 Å². The Kier molecular flexibility index (Phi) is 6.16. The zero-order valence-corrected chi connectivity index (χ0v) is 18.0. The Morgan fingerprint density at radius 1 is 1.10 bits per heavy atom. The predicted molar refractivity (Wildman–Crippen MR) is 121 cm³/mol. The Morgan fingerprint density at radius 2 is 1.81 bits per heavy atom. The van der Waals surface area contributed by atoms with Crippen molar-refractivity contribution in [2.75, 3.05) is 11.9 Å². The molecular weight excluding hydrogens is 388 g/mol. The summed E-state index contributed by atoms with van der Waals surface area (Å²) in [5, 5.41) is 7.52. The topological polar surface area (TPSA) is 67.2 Å². The summed E-state index contributed by atoms with van der Waals surface area (Å²) in [4.78, 5) is 27.0. The minimum atomic E-state index is 0.00278. The monoisotopic (exact) mass is 416 g/mol. The molecule has 4 rings (SSSR count). The molecule has 2 amide bonds. The smallest absolute Gasteiger partial charge is 0.254 e. The molecule has 2 aromatic carbocycles. The summed E-state index contributed by atoms with van der Waals surface area (Å²) in [6.45, 7) is 5.09. The second-order valence-corrected chi connectivity index (χ2v) is 8.04. The van der Waals surface area contributed by atoms with Crippen LogP contribution in [0.5, 0.6) is 0 Å². The van der Waals surface area contributed by atoms with Gasteiger partial charge in [-0.25, -0.2) is 4.68 Å². The van der Waals surface area contributed by atoms with E-state index in [4.69, 9.17) is 0 Å². The van der Waals surface area contributed by atoms with Crippen molar-refractivity contribution < 1.29 is 9.59 Å². The van der Waals surface area contributed by atoms with E-state index in [1.165, 1.54) is 0 Å². The molecule has 1 aliphatic carbocycles. The molecule has 1 aliphatic rings. The molecule has 3 aromatic rings. The third-order valence-electron chi connectivity index (χ3n) is 5.90. The molecule has 1 saturated carbocycles. The summed E-state index contributed by atoms with van der Waals surface area (Å²) >= 11 is 0. The average molecular weight is 417 g/mol. The lowest BCUT2D eigenvalue weighted by molar-refractivity contribution is -0.122. The minimum Gasteiger partial charge on any atom is -0.335 e. The van der Waals surface area contributed by atoms with Gasteiger partial charge < -0.3 is 10.2 Å². The zero-order valence-electron chi connectivity index (χ0n) is 18.0. The van der Waals surface area contributed by atoms with Crippen LogP contribution in [-0.2, 0) is 11.3 Å². The van der Waals surface area contributed by atoms with Gasteiger partial charge in [-0.2, -0.15) is 5.10 Å². The van der Waals surface area contributed by atoms with Crippen LogP contribution in [0.2, 0.25) is 0 Å². The standard InChI is InChI=1S/C25H28N4O2/c1-3-28(16-19-8-5-4-6-9-19)25(31)21-12-14-22(15-13-21)29-17-23(18(2)27-29)26-24(30)20-10-7-11-20/h4-6,8-9,12-15,17,20H,3,7,10-11,16H2,1-2H3,(H,26,30). The van der Waals surface area contributed by atoms with Gasteiger partial charge in [0, 0.05) is 24.6 Å². The molecule has 6 heteroatoms. The summed E-state index contributed by atoms with van der Waals surface area (Å²) in [6.07, 6.45) is 4.89. The first-order valence-electron chi connectivity index (χ1n) is 10.9. The Hall–Kier alpha value is -3.41. The number of rotatable bonds is 7. The second-order valence-electron chi connectivity index (χ2n) is 8.04. The summed E-state index contributed by atoms with van der Waals surface area (Å²) < 4.78 is 1.74. The van der Waals surface area contributed by atoms with E-state index in [1.807, 2.05) is 79.5 Å². The zero-order chi connectivity index (χ0) is 21.8. The fourth-order valence-electron chi connectivity index (χ4n) is 3.69.